The Balaban J connectivity index is 2.06. The lowest BCUT2D eigenvalue weighted by atomic mass is 10.1. The van der Waals surface area contributed by atoms with Gasteiger partial charge in [-0.05, 0) is 56.6 Å². The Hall–Kier alpha value is -1.74. The van der Waals surface area contributed by atoms with Crippen LogP contribution in [0.2, 0.25) is 0 Å². The summed E-state index contributed by atoms with van der Waals surface area (Å²) in [7, 11) is 1.91. The van der Waals surface area contributed by atoms with Gasteiger partial charge in [0.05, 0.1) is 6.54 Å². The molecule has 2 rings (SSSR count). The van der Waals surface area contributed by atoms with Crippen molar-refractivity contribution in [2.75, 3.05) is 7.05 Å². The largest absolute Gasteiger partial charge is 0.485 e. The molecule has 0 amide bonds. The van der Waals surface area contributed by atoms with Crippen LogP contribution >= 0.6 is 0 Å². The lowest BCUT2D eigenvalue weighted by Gasteiger charge is -2.08. The number of benzene rings is 1. The average molecular weight is 259 g/mol. The molecule has 19 heavy (non-hydrogen) atoms. The smallest absolute Gasteiger partial charge is 0.146 e. The lowest BCUT2D eigenvalue weighted by Crippen LogP contribution is -2.04. The summed E-state index contributed by atoms with van der Waals surface area (Å²) < 4.78 is 11.6. The van der Waals surface area contributed by atoms with E-state index < -0.39 is 0 Å². The average Bonchev–Trinajstić information content (AvgIpc) is 2.72. The predicted octanol–water partition coefficient (Wildman–Crippen LogP) is 3.50. The van der Waals surface area contributed by atoms with Crippen LogP contribution in [-0.2, 0) is 13.2 Å². The standard InChI is InChI=1S/C16H21NO2/c1-11-5-6-12(2)15(7-11)18-10-14-8-13(3)16(19-14)9-17-4/h5-8,17H,9-10H2,1-4H3. The van der Waals surface area contributed by atoms with Crippen LogP contribution in [0.5, 0.6) is 5.75 Å². The van der Waals surface area contributed by atoms with Gasteiger partial charge in [0.1, 0.15) is 23.9 Å². The SMILES string of the molecule is CNCc1oc(COc2cc(C)ccc2C)cc1C. The van der Waals surface area contributed by atoms with E-state index in [2.05, 4.69) is 44.3 Å². The van der Waals surface area contributed by atoms with Gasteiger partial charge in [-0.15, -0.1) is 0 Å². The molecule has 1 heterocycles. The molecule has 0 saturated heterocycles. The van der Waals surface area contributed by atoms with Crippen LogP contribution in [0.3, 0.4) is 0 Å². The predicted molar refractivity (Wildman–Crippen MR) is 76.5 cm³/mol. The zero-order chi connectivity index (χ0) is 13.8. The number of ether oxygens (including phenoxy) is 1. The second-order valence-corrected chi connectivity index (χ2v) is 4.91. The summed E-state index contributed by atoms with van der Waals surface area (Å²) in [5.74, 6) is 2.76. The summed E-state index contributed by atoms with van der Waals surface area (Å²) in [4.78, 5) is 0. The molecule has 1 aromatic heterocycles. The van der Waals surface area contributed by atoms with Gasteiger partial charge in [-0.2, -0.15) is 0 Å². The third-order valence-corrected chi connectivity index (χ3v) is 3.12. The molecular formula is C16H21NO2. The molecule has 2 aromatic rings. The van der Waals surface area contributed by atoms with Gasteiger partial charge in [0.15, 0.2) is 0 Å². The Bertz CT molecular complexity index is 558. The monoisotopic (exact) mass is 259 g/mol. The van der Waals surface area contributed by atoms with E-state index in [1.807, 2.05) is 13.1 Å². The van der Waals surface area contributed by atoms with Crippen LogP contribution in [0.1, 0.15) is 28.2 Å². The van der Waals surface area contributed by atoms with Crippen LogP contribution < -0.4 is 10.1 Å². The van der Waals surface area contributed by atoms with Gasteiger partial charge in [0.2, 0.25) is 0 Å². The molecule has 0 atom stereocenters. The quantitative estimate of drug-likeness (QED) is 0.892. The molecule has 0 aliphatic rings. The van der Waals surface area contributed by atoms with Gasteiger partial charge >= 0.3 is 0 Å². The maximum Gasteiger partial charge on any atom is 0.146 e. The first-order chi connectivity index (χ1) is 9.10. The molecule has 0 spiro atoms. The van der Waals surface area contributed by atoms with Crippen LogP contribution in [0.25, 0.3) is 0 Å². The summed E-state index contributed by atoms with van der Waals surface area (Å²) in [6.45, 7) is 7.38. The van der Waals surface area contributed by atoms with E-state index in [0.29, 0.717) is 6.61 Å². The van der Waals surface area contributed by atoms with Crippen molar-refractivity contribution in [2.24, 2.45) is 0 Å². The van der Waals surface area contributed by atoms with Gasteiger partial charge in [-0.1, -0.05) is 12.1 Å². The summed E-state index contributed by atoms with van der Waals surface area (Å²) in [6, 6.07) is 8.26. The fourth-order valence-corrected chi connectivity index (χ4v) is 2.01. The molecule has 3 nitrogen and oxygen atoms in total. The van der Waals surface area contributed by atoms with Gasteiger partial charge in [-0.25, -0.2) is 0 Å². The third-order valence-electron chi connectivity index (χ3n) is 3.12. The van der Waals surface area contributed by atoms with E-state index in [4.69, 9.17) is 9.15 Å². The molecule has 0 saturated carbocycles. The Kier molecular flexibility index (Phi) is 4.27. The Labute approximate surface area is 114 Å². The summed E-state index contributed by atoms with van der Waals surface area (Å²) in [5.41, 5.74) is 3.50. The molecule has 0 aliphatic heterocycles. The first-order valence-electron chi connectivity index (χ1n) is 6.53. The van der Waals surface area contributed by atoms with Crippen LogP contribution in [0.15, 0.2) is 28.7 Å². The van der Waals surface area contributed by atoms with Crippen molar-refractivity contribution in [3.8, 4) is 5.75 Å². The summed E-state index contributed by atoms with van der Waals surface area (Å²) in [6.07, 6.45) is 0. The van der Waals surface area contributed by atoms with Crippen molar-refractivity contribution in [3.05, 3.63) is 52.5 Å². The second kappa shape index (κ2) is 5.93. The fraction of sp³-hybridized carbons (Fsp3) is 0.375. The van der Waals surface area contributed by atoms with E-state index in [0.717, 1.165) is 34.9 Å². The number of furan rings is 1. The highest BCUT2D eigenvalue weighted by Gasteiger charge is 2.08. The van der Waals surface area contributed by atoms with Crippen molar-refractivity contribution in [1.29, 1.82) is 0 Å². The van der Waals surface area contributed by atoms with Gasteiger partial charge in [0, 0.05) is 0 Å². The van der Waals surface area contributed by atoms with Crippen molar-refractivity contribution >= 4 is 0 Å². The normalized spacial score (nSPS) is 10.7. The summed E-state index contributed by atoms with van der Waals surface area (Å²) >= 11 is 0. The number of hydrogen-bond donors (Lipinski definition) is 1. The molecule has 0 unspecified atom stereocenters. The Morgan fingerprint density at radius 3 is 2.63 bits per heavy atom. The van der Waals surface area contributed by atoms with E-state index in [9.17, 15) is 0 Å². The molecule has 0 bridgehead atoms. The zero-order valence-electron chi connectivity index (χ0n) is 12.0. The molecule has 0 aliphatic carbocycles. The van der Waals surface area contributed by atoms with E-state index in [-0.39, 0.29) is 0 Å². The first-order valence-corrected chi connectivity index (χ1v) is 6.53. The maximum atomic E-state index is 5.84. The molecule has 1 aromatic carbocycles. The first kappa shape index (κ1) is 13.7. The highest BCUT2D eigenvalue weighted by molar-refractivity contribution is 5.36. The minimum absolute atomic E-state index is 0.467. The number of aryl methyl sites for hydroxylation is 3. The van der Waals surface area contributed by atoms with Crippen LogP contribution in [-0.4, -0.2) is 7.05 Å². The van der Waals surface area contributed by atoms with Crippen molar-refractivity contribution < 1.29 is 9.15 Å². The van der Waals surface area contributed by atoms with E-state index in [1.165, 1.54) is 5.56 Å². The van der Waals surface area contributed by atoms with Crippen molar-refractivity contribution in [2.45, 2.75) is 33.9 Å². The molecule has 1 N–H and O–H groups in total. The number of rotatable bonds is 5. The fourth-order valence-electron chi connectivity index (χ4n) is 2.01. The van der Waals surface area contributed by atoms with E-state index >= 15 is 0 Å². The summed E-state index contributed by atoms with van der Waals surface area (Å²) in [5, 5.41) is 3.09. The molecule has 3 heteroatoms. The number of hydrogen-bond acceptors (Lipinski definition) is 3. The highest BCUT2D eigenvalue weighted by atomic mass is 16.5. The van der Waals surface area contributed by atoms with Gasteiger partial charge in [0.25, 0.3) is 0 Å². The lowest BCUT2D eigenvalue weighted by molar-refractivity contribution is 0.263. The van der Waals surface area contributed by atoms with Gasteiger partial charge < -0.3 is 14.5 Å². The molecule has 0 fully saturated rings. The topological polar surface area (TPSA) is 34.4 Å². The van der Waals surface area contributed by atoms with Crippen molar-refractivity contribution in [3.63, 3.8) is 0 Å². The van der Waals surface area contributed by atoms with Gasteiger partial charge in [-0.3, -0.25) is 0 Å². The van der Waals surface area contributed by atoms with Crippen molar-refractivity contribution in [1.82, 2.24) is 5.32 Å². The zero-order valence-corrected chi connectivity index (χ0v) is 12.0. The second-order valence-electron chi connectivity index (χ2n) is 4.91. The van der Waals surface area contributed by atoms with Crippen LogP contribution in [0.4, 0.5) is 0 Å². The van der Waals surface area contributed by atoms with E-state index in [1.54, 1.807) is 0 Å². The Morgan fingerprint density at radius 2 is 1.89 bits per heavy atom. The molecule has 102 valence electrons. The minimum atomic E-state index is 0.467. The number of nitrogens with one attached hydrogen (secondary N) is 1. The van der Waals surface area contributed by atoms with Crippen LogP contribution in [0, 0.1) is 20.8 Å². The molecular weight excluding hydrogens is 238 g/mol. The highest BCUT2D eigenvalue weighted by Crippen LogP contribution is 2.22. The Morgan fingerprint density at radius 1 is 1.11 bits per heavy atom. The minimum Gasteiger partial charge on any atom is -0.485 e. The third kappa shape index (κ3) is 3.38. The molecule has 0 radical (unpaired) electrons. The maximum absolute atomic E-state index is 5.84.